The van der Waals surface area contributed by atoms with E-state index >= 15 is 0 Å². The average molecular weight is 473 g/mol. The van der Waals surface area contributed by atoms with Gasteiger partial charge in [-0.3, -0.25) is 4.79 Å². The molecular formula is C23H16ClF3N4O2. The molecule has 5 rings (SSSR count). The number of fused-ring (bicyclic) bond motifs is 1. The fraction of sp³-hybridized carbons (Fsp3) is 0.174. The third-order valence-electron chi connectivity index (χ3n) is 5.54. The molecule has 168 valence electrons. The van der Waals surface area contributed by atoms with Gasteiger partial charge < -0.3 is 14.4 Å². The molecule has 0 radical (unpaired) electrons. The maximum Gasteiger partial charge on any atom is 0.416 e. The number of aromatic amines is 1. The number of nitrogens with one attached hydrogen (secondary N) is 1. The molecule has 1 aliphatic heterocycles. The normalized spacial score (nSPS) is 14.5. The largest absolute Gasteiger partial charge is 0.416 e. The fourth-order valence-corrected chi connectivity index (χ4v) is 4.12. The molecule has 4 aromatic rings. The van der Waals surface area contributed by atoms with Crippen LogP contribution >= 0.6 is 11.6 Å². The van der Waals surface area contributed by atoms with Crippen molar-refractivity contribution in [1.82, 2.24) is 20.0 Å². The number of H-pyrrole nitrogens is 1. The van der Waals surface area contributed by atoms with Gasteiger partial charge in [0.05, 0.1) is 5.56 Å². The first-order valence-electron chi connectivity index (χ1n) is 10.1. The molecule has 0 saturated carbocycles. The van der Waals surface area contributed by atoms with Crippen molar-refractivity contribution in [2.45, 2.75) is 12.6 Å². The highest BCUT2D eigenvalue weighted by Crippen LogP contribution is 2.35. The zero-order valence-corrected chi connectivity index (χ0v) is 17.7. The van der Waals surface area contributed by atoms with Crippen molar-refractivity contribution >= 4 is 34.1 Å². The van der Waals surface area contributed by atoms with E-state index in [1.165, 1.54) is 12.1 Å². The number of carbonyl (C=O) groups is 1. The van der Waals surface area contributed by atoms with Gasteiger partial charge in [0, 0.05) is 53.1 Å². The number of amides is 1. The van der Waals surface area contributed by atoms with Crippen LogP contribution in [0.5, 0.6) is 0 Å². The summed E-state index contributed by atoms with van der Waals surface area (Å²) in [5, 5.41) is 4.71. The topological polar surface area (TPSA) is 75.0 Å². The molecule has 0 aliphatic carbocycles. The second kappa shape index (κ2) is 8.08. The number of halogens is 4. The predicted octanol–water partition coefficient (Wildman–Crippen LogP) is 5.82. The molecule has 10 heteroatoms. The van der Waals surface area contributed by atoms with E-state index in [-0.39, 0.29) is 27.9 Å². The molecule has 1 aliphatic rings. The van der Waals surface area contributed by atoms with Crippen LogP contribution in [0.25, 0.3) is 27.9 Å². The van der Waals surface area contributed by atoms with E-state index in [1.54, 1.807) is 11.1 Å². The lowest BCUT2D eigenvalue weighted by molar-refractivity contribution is -0.137. The monoisotopic (exact) mass is 472 g/mol. The summed E-state index contributed by atoms with van der Waals surface area (Å²) < 4.78 is 44.4. The maximum atomic E-state index is 13.1. The molecule has 0 saturated heterocycles. The highest BCUT2D eigenvalue weighted by molar-refractivity contribution is 6.31. The van der Waals surface area contributed by atoms with Crippen LogP contribution in [-0.2, 0) is 6.18 Å². The van der Waals surface area contributed by atoms with E-state index in [0.717, 1.165) is 34.3 Å². The minimum atomic E-state index is -4.55. The number of hydrogen-bond donors (Lipinski definition) is 1. The number of alkyl halides is 3. The van der Waals surface area contributed by atoms with E-state index in [1.807, 2.05) is 24.4 Å². The summed E-state index contributed by atoms with van der Waals surface area (Å²) >= 11 is 5.84. The van der Waals surface area contributed by atoms with Crippen LogP contribution in [-0.4, -0.2) is 39.0 Å². The molecule has 33 heavy (non-hydrogen) atoms. The van der Waals surface area contributed by atoms with Crippen LogP contribution < -0.4 is 0 Å². The molecule has 0 fully saturated rings. The van der Waals surface area contributed by atoms with Gasteiger partial charge in [0.1, 0.15) is 11.3 Å². The lowest BCUT2D eigenvalue weighted by Crippen LogP contribution is -2.34. The highest BCUT2D eigenvalue weighted by atomic mass is 35.5. The predicted molar refractivity (Wildman–Crippen MR) is 117 cm³/mol. The first kappa shape index (κ1) is 21.3. The van der Waals surface area contributed by atoms with Crippen molar-refractivity contribution in [3.63, 3.8) is 0 Å². The third kappa shape index (κ3) is 4.11. The average Bonchev–Trinajstić information content (AvgIpc) is 3.46. The minimum absolute atomic E-state index is 0.0494. The van der Waals surface area contributed by atoms with Crippen LogP contribution in [0, 0.1) is 0 Å². The Labute approximate surface area is 190 Å². The van der Waals surface area contributed by atoms with Gasteiger partial charge in [-0.25, -0.2) is 4.98 Å². The summed E-state index contributed by atoms with van der Waals surface area (Å²) in [5.74, 6) is -0.436. The van der Waals surface area contributed by atoms with Gasteiger partial charge in [-0.1, -0.05) is 22.8 Å². The molecule has 1 aromatic carbocycles. The minimum Gasteiger partial charge on any atom is -0.350 e. The van der Waals surface area contributed by atoms with Gasteiger partial charge in [-0.2, -0.15) is 13.2 Å². The first-order valence-corrected chi connectivity index (χ1v) is 10.4. The van der Waals surface area contributed by atoms with Crippen molar-refractivity contribution in [3.05, 3.63) is 76.8 Å². The Balaban J connectivity index is 1.34. The number of carbonyl (C=O) groups excluding carboxylic acids is 1. The summed E-state index contributed by atoms with van der Waals surface area (Å²) in [6, 6.07) is 8.29. The van der Waals surface area contributed by atoms with Gasteiger partial charge in [-0.15, -0.1) is 0 Å². The number of aromatic nitrogens is 3. The summed E-state index contributed by atoms with van der Waals surface area (Å²) in [6.07, 6.45) is 1.68. The Morgan fingerprint density at radius 1 is 1.21 bits per heavy atom. The number of hydrogen-bond acceptors (Lipinski definition) is 4. The highest BCUT2D eigenvalue weighted by Gasteiger charge is 2.32. The van der Waals surface area contributed by atoms with Crippen LogP contribution in [0.4, 0.5) is 13.2 Å². The fourth-order valence-electron chi connectivity index (χ4n) is 3.89. The van der Waals surface area contributed by atoms with Gasteiger partial charge in [0.25, 0.3) is 5.91 Å². The number of benzene rings is 1. The van der Waals surface area contributed by atoms with Crippen LogP contribution in [0.3, 0.4) is 0 Å². The van der Waals surface area contributed by atoms with Gasteiger partial charge in [-0.05, 0) is 42.3 Å². The molecule has 3 aromatic heterocycles. The summed E-state index contributed by atoms with van der Waals surface area (Å²) in [7, 11) is 0. The molecule has 0 spiro atoms. The second-order valence-corrected chi connectivity index (χ2v) is 8.07. The lowest BCUT2D eigenvalue weighted by atomic mass is 9.99. The number of pyridine rings is 1. The van der Waals surface area contributed by atoms with Crippen molar-refractivity contribution in [2.75, 3.05) is 13.1 Å². The van der Waals surface area contributed by atoms with Gasteiger partial charge >= 0.3 is 6.18 Å². The SMILES string of the molecule is O=C(c1cc(-c2cc(Cl)cc(C(F)(F)F)c2)no1)N1CC=C(c2c[nH]c3ncccc23)CC1. The summed E-state index contributed by atoms with van der Waals surface area (Å²) in [6.45, 7) is 0.829. The molecule has 0 unspecified atom stereocenters. The molecular weight excluding hydrogens is 457 g/mol. The number of rotatable bonds is 3. The van der Waals surface area contributed by atoms with Crippen LogP contribution in [0.15, 0.2) is 59.4 Å². The zero-order chi connectivity index (χ0) is 23.2. The zero-order valence-electron chi connectivity index (χ0n) is 17.0. The Morgan fingerprint density at radius 3 is 2.82 bits per heavy atom. The van der Waals surface area contributed by atoms with E-state index in [9.17, 15) is 18.0 Å². The van der Waals surface area contributed by atoms with E-state index in [0.29, 0.717) is 19.5 Å². The quantitative estimate of drug-likeness (QED) is 0.407. The molecule has 0 atom stereocenters. The maximum absolute atomic E-state index is 13.1. The Hall–Kier alpha value is -3.59. The lowest BCUT2D eigenvalue weighted by Gasteiger charge is -2.25. The standard InChI is InChI=1S/C23H16ClF3N4O2/c24-16-9-14(8-15(10-16)23(25,26)27)19-11-20(33-30-19)22(32)31-6-3-13(4-7-31)18-12-29-21-17(18)2-1-5-28-21/h1-3,5,8-12H,4,6-7H2,(H,28,29). The van der Waals surface area contributed by atoms with Crippen LogP contribution in [0.1, 0.15) is 28.1 Å². The Bertz CT molecular complexity index is 1390. The van der Waals surface area contributed by atoms with E-state index in [2.05, 4.69) is 15.1 Å². The first-order chi connectivity index (χ1) is 15.8. The number of nitrogens with zero attached hydrogens (tertiary/aromatic N) is 3. The second-order valence-electron chi connectivity index (χ2n) is 7.64. The third-order valence-corrected chi connectivity index (χ3v) is 5.75. The van der Waals surface area contributed by atoms with Gasteiger partial charge in [0.2, 0.25) is 5.76 Å². The van der Waals surface area contributed by atoms with Crippen molar-refractivity contribution in [1.29, 1.82) is 0 Å². The van der Waals surface area contributed by atoms with E-state index in [4.69, 9.17) is 16.1 Å². The molecule has 4 heterocycles. The summed E-state index contributed by atoms with van der Waals surface area (Å²) in [4.78, 5) is 21.9. The Morgan fingerprint density at radius 2 is 2.06 bits per heavy atom. The van der Waals surface area contributed by atoms with Gasteiger partial charge in [0.15, 0.2) is 0 Å². The molecule has 0 bridgehead atoms. The van der Waals surface area contributed by atoms with E-state index < -0.39 is 11.7 Å². The van der Waals surface area contributed by atoms with Crippen LogP contribution in [0.2, 0.25) is 5.02 Å². The van der Waals surface area contributed by atoms with Crippen molar-refractivity contribution in [3.8, 4) is 11.3 Å². The van der Waals surface area contributed by atoms with Crippen molar-refractivity contribution in [2.24, 2.45) is 0 Å². The smallest absolute Gasteiger partial charge is 0.350 e. The molecule has 6 nitrogen and oxygen atoms in total. The molecule has 1 amide bonds. The van der Waals surface area contributed by atoms with Crippen molar-refractivity contribution < 1.29 is 22.5 Å². The molecule has 1 N–H and O–H groups in total. The Kier molecular flexibility index (Phi) is 5.20. The summed E-state index contributed by atoms with van der Waals surface area (Å²) in [5.41, 5.74) is 2.28.